The first-order valence-corrected chi connectivity index (χ1v) is 7.92. The minimum Gasteiger partial charge on any atom is -0.456 e. The second kappa shape index (κ2) is 8.05. The van der Waals surface area contributed by atoms with Crippen LogP contribution >= 0.6 is 0 Å². The summed E-state index contributed by atoms with van der Waals surface area (Å²) in [6.45, 7) is 0. The van der Waals surface area contributed by atoms with Gasteiger partial charge in [-0.25, -0.2) is 9.37 Å². The average molecular weight is 367 g/mol. The molecule has 0 radical (unpaired) electrons. The Hall–Kier alpha value is -3.81. The second-order valence-corrected chi connectivity index (χ2v) is 5.58. The average Bonchev–Trinajstić information content (AvgIpc) is 2.65. The Balaban J connectivity index is 1.56. The minimum absolute atomic E-state index is 0.0300. The molecule has 0 unspecified atom stereocenters. The Morgan fingerprint density at radius 1 is 1.04 bits per heavy atom. The van der Waals surface area contributed by atoms with E-state index in [4.69, 9.17) is 4.74 Å². The fourth-order valence-electron chi connectivity index (χ4n) is 2.26. The highest BCUT2D eigenvalue weighted by atomic mass is 19.1. The number of nitro benzene ring substituents is 1. The lowest BCUT2D eigenvalue weighted by Gasteiger charge is -2.07. The lowest BCUT2D eigenvalue weighted by molar-refractivity contribution is -0.384. The summed E-state index contributed by atoms with van der Waals surface area (Å²) >= 11 is 0. The molecule has 0 fully saturated rings. The summed E-state index contributed by atoms with van der Waals surface area (Å²) in [6, 6.07) is 14.5. The molecule has 1 heterocycles. The molecule has 2 aromatic carbocycles. The largest absolute Gasteiger partial charge is 0.456 e. The van der Waals surface area contributed by atoms with E-state index in [-0.39, 0.29) is 23.8 Å². The van der Waals surface area contributed by atoms with Gasteiger partial charge in [0, 0.05) is 12.1 Å². The molecule has 0 spiro atoms. The van der Waals surface area contributed by atoms with Crippen molar-refractivity contribution < 1.29 is 18.8 Å². The van der Waals surface area contributed by atoms with Crippen LogP contribution in [0.2, 0.25) is 0 Å². The number of hydrogen-bond acceptors (Lipinski definition) is 5. The first-order chi connectivity index (χ1) is 13.0. The lowest BCUT2D eigenvalue weighted by Crippen LogP contribution is -2.15. The molecule has 1 amide bonds. The van der Waals surface area contributed by atoms with Gasteiger partial charge in [-0.2, -0.15) is 0 Å². The van der Waals surface area contributed by atoms with Crippen LogP contribution in [0.15, 0.2) is 66.9 Å². The van der Waals surface area contributed by atoms with Gasteiger partial charge in [-0.05, 0) is 42.0 Å². The Morgan fingerprint density at radius 2 is 1.70 bits per heavy atom. The molecule has 7 nitrogen and oxygen atoms in total. The molecule has 0 aliphatic heterocycles. The van der Waals surface area contributed by atoms with Gasteiger partial charge in [-0.15, -0.1) is 0 Å². The number of carbonyl (C=O) groups is 1. The van der Waals surface area contributed by atoms with Gasteiger partial charge in [-0.3, -0.25) is 14.9 Å². The van der Waals surface area contributed by atoms with Gasteiger partial charge < -0.3 is 10.1 Å². The highest BCUT2D eigenvalue weighted by Gasteiger charge is 2.08. The van der Waals surface area contributed by atoms with Crippen LogP contribution < -0.4 is 10.1 Å². The monoisotopic (exact) mass is 367 g/mol. The highest BCUT2D eigenvalue weighted by Crippen LogP contribution is 2.21. The maximum absolute atomic E-state index is 12.9. The first kappa shape index (κ1) is 18.0. The Labute approximate surface area is 153 Å². The minimum atomic E-state index is -0.497. The molecule has 3 rings (SSSR count). The first-order valence-electron chi connectivity index (χ1n) is 7.92. The van der Waals surface area contributed by atoms with Crippen molar-refractivity contribution in [2.24, 2.45) is 0 Å². The molecule has 0 saturated carbocycles. The zero-order chi connectivity index (χ0) is 19.2. The Bertz CT molecular complexity index is 942. The quantitative estimate of drug-likeness (QED) is 0.523. The third kappa shape index (κ3) is 5.08. The number of halogens is 1. The molecule has 8 heteroatoms. The number of amides is 1. The van der Waals surface area contributed by atoms with Crippen LogP contribution in [-0.4, -0.2) is 15.8 Å². The number of anilines is 1. The molecule has 136 valence electrons. The van der Waals surface area contributed by atoms with E-state index >= 15 is 0 Å². The number of non-ortho nitro benzene ring substituents is 1. The van der Waals surface area contributed by atoms with Gasteiger partial charge in [0.15, 0.2) is 0 Å². The van der Waals surface area contributed by atoms with E-state index in [9.17, 15) is 19.3 Å². The number of aromatic nitrogens is 1. The van der Waals surface area contributed by atoms with Gasteiger partial charge >= 0.3 is 0 Å². The number of benzene rings is 2. The number of hydrogen-bond donors (Lipinski definition) is 1. The van der Waals surface area contributed by atoms with Crippen LogP contribution in [0.3, 0.4) is 0 Å². The van der Waals surface area contributed by atoms with Crippen molar-refractivity contribution in [1.82, 2.24) is 4.98 Å². The van der Waals surface area contributed by atoms with Crippen molar-refractivity contribution in [3.05, 3.63) is 88.4 Å². The van der Waals surface area contributed by atoms with E-state index in [2.05, 4.69) is 10.3 Å². The molecule has 1 N–H and O–H groups in total. The fourth-order valence-corrected chi connectivity index (χ4v) is 2.26. The number of pyridine rings is 1. The number of nitrogens with zero attached hydrogens (tertiary/aromatic N) is 2. The van der Waals surface area contributed by atoms with E-state index in [0.29, 0.717) is 22.9 Å². The third-order valence-electron chi connectivity index (χ3n) is 3.57. The SMILES string of the molecule is O=C(Cc1ccc([N+](=O)[O-])cc1)Nc1ccc(Oc2ccc(F)cc2)cn1. The molecule has 1 aromatic heterocycles. The van der Waals surface area contributed by atoms with E-state index < -0.39 is 4.92 Å². The molecule has 3 aromatic rings. The van der Waals surface area contributed by atoms with Gasteiger partial charge in [0.1, 0.15) is 23.1 Å². The van der Waals surface area contributed by atoms with Crippen LogP contribution in [0, 0.1) is 15.9 Å². The summed E-state index contributed by atoms with van der Waals surface area (Å²) in [5.74, 6) is 0.589. The zero-order valence-corrected chi connectivity index (χ0v) is 14.0. The van der Waals surface area contributed by atoms with Crippen molar-refractivity contribution in [1.29, 1.82) is 0 Å². The predicted molar refractivity (Wildman–Crippen MR) is 96.1 cm³/mol. The van der Waals surface area contributed by atoms with E-state index in [1.54, 1.807) is 12.1 Å². The summed E-state index contributed by atoms with van der Waals surface area (Å²) < 4.78 is 18.4. The molecule has 0 bridgehead atoms. The van der Waals surface area contributed by atoms with Crippen LogP contribution in [-0.2, 0) is 11.2 Å². The second-order valence-electron chi connectivity index (χ2n) is 5.58. The topological polar surface area (TPSA) is 94.4 Å². The van der Waals surface area contributed by atoms with Crippen LogP contribution in [0.5, 0.6) is 11.5 Å². The number of nitro groups is 1. The number of ether oxygens (including phenoxy) is 1. The summed E-state index contributed by atoms with van der Waals surface area (Å²) in [5.41, 5.74) is 0.618. The van der Waals surface area contributed by atoms with Gasteiger partial charge in [0.05, 0.1) is 17.5 Å². The fraction of sp³-hybridized carbons (Fsp3) is 0.0526. The summed E-state index contributed by atoms with van der Waals surface area (Å²) in [4.78, 5) is 26.3. The van der Waals surface area contributed by atoms with Crippen molar-refractivity contribution in [3.63, 3.8) is 0 Å². The molecule has 0 saturated heterocycles. The summed E-state index contributed by atoms with van der Waals surface area (Å²) in [6.07, 6.45) is 1.50. The van der Waals surface area contributed by atoms with Crippen LogP contribution in [0.4, 0.5) is 15.9 Å². The van der Waals surface area contributed by atoms with E-state index in [0.717, 1.165) is 0 Å². The van der Waals surface area contributed by atoms with Gasteiger partial charge in [-0.1, -0.05) is 12.1 Å². The molecular weight excluding hydrogens is 353 g/mol. The number of carbonyl (C=O) groups excluding carboxylic acids is 1. The van der Waals surface area contributed by atoms with Crippen LogP contribution in [0.25, 0.3) is 0 Å². The smallest absolute Gasteiger partial charge is 0.269 e. The molecule has 0 aliphatic rings. The van der Waals surface area contributed by atoms with Crippen molar-refractivity contribution in [3.8, 4) is 11.5 Å². The molecular formula is C19H14FN3O4. The summed E-state index contributed by atoms with van der Waals surface area (Å²) in [5, 5.41) is 13.3. The van der Waals surface area contributed by atoms with Gasteiger partial charge in [0.2, 0.25) is 5.91 Å². The number of nitrogens with one attached hydrogen (secondary N) is 1. The predicted octanol–water partition coefficient (Wildman–Crippen LogP) is 4.10. The van der Waals surface area contributed by atoms with E-state index in [1.165, 1.54) is 54.7 Å². The summed E-state index contributed by atoms with van der Waals surface area (Å²) in [7, 11) is 0. The molecule has 0 atom stereocenters. The number of rotatable bonds is 6. The molecule has 0 aliphatic carbocycles. The standard InChI is InChI=1S/C19H14FN3O4/c20-14-3-7-16(8-4-14)27-17-9-10-18(21-12-17)22-19(24)11-13-1-5-15(6-2-13)23(25)26/h1-10,12H,11H2,(H,21,22,24). The zero-order valence-electron chi connectivity index (χ0n) is 14.0. The van der Waals surface area contributed by atoms with Crippen molar-refractivity contribution >= 4 is 17.4 Å². The van der Waals surface area contributed by atoms with Crippen molar-refractivity contribution in [2.45, 2.75) is 6.42 Å². The highest BCUT2D eigenvalue weighted by molar-refractivity contribution is 5.91. The molecule has 27 heavy (non-hydrogen) atoms. The maximum Gasteiger partial charge on any atom is 0.269 e. The van der Waals surface area contributed by atoms with Crippen LogP contribution in [0.1, 0.15) is 5.56 Å². The Morgan fingerprint density at radius 3 is 2.30 bits per heavy atom. The van der Waals surface area contributed by atoms with E-state index in [1.807, 2.05) is 0 Å². The third-order valence-corrected chi connectivity index (χ3v) is 3.57. The normalized spacial score (nSPS) is 10.3. The van der Waals surface area contributed by atoms with Crippen molar-refractivity contribution in [2.75, 3.05) is 5.32 Å². The Kier molecular flexibility index (Phi) is 5.36. The lowest BCUT2D eigenvalue weighted by atomic mass is 10.1. The van der Waals surface area contributed by atoms with Gasteiger partial charge in [0.25, 0.3) is 5.69 Å². The maximum atomic E-state index is 12.9.